The van der Waals surface area contributed by atoms with Crippen LogP contribution in [0.1, 0.15) is 26.5 Å². The largest absolute Gasteiger partial charge is 0.397 e. The number of hydrogen-bond acceptors (Lipinski definition) is 6. The Bertz CT molecular complexity index is 837. The number of nitrogen functional groups attached to an aromatic ring is 1. The van der Waals surface area contributed by atoms with Gasteiger partial charge < -0.3 is 5.73 Å². The highest BCUT2D eigenvalue weighted by molar-refractivity contribution is 7.21. The summed E-state index contributed by atoms with van der Waals surface area (Å²) in [6.07, 6.45) is 1.65. The minimum atomic E-state index is -0.236. The molecule has 0 bridgehead atoms. The van der Waals surface area contributed by atoms with E-state index >= 15 is 0 Å². The second kappa shape index (κ2) is 5.09. The van der Waals surface area contributed by atoms with E-state index < -0.39 is 0 Å². The topological polar surface area (TPSA) is 80.9 Å². The average Bonchev–Trinajstić information content (AvgIpc) is 3.04. The molecule has 0 radical (unpaired) electrons. The lowest BCUT2D eigenvalue weighted by Crippen LogP contribution is -2.11. The van der Waals surface area contributed by atoms with Crippen molar-refractivity contribution >= 4 is 49.6 Å². The molecule has 0 aliphatic rings. The van der Waals surface area contributed by atoms with Gasteiger partial charge in [-0.3, -0.25) is 10.1 Å². The van der Waals surface area contributed by atoms with Crippen molar-refractivity contribution in [2.24, 2.45) is 0 Å². The number of aromatic nitrogens is 2. The Labute approximate surface area is 129 Å². The number of nitrogens with zero attached hydrogens (tertiary/aromatic N) is 2. The number of nitrogens with two attached hydrogens (primary N) is 1. The third-order valence-electron chi connectivity index (χ3n) is 3.54. The molecule has 0 aliphatic carbocycles. The summed E-state index contributed by atoms with van der Waals surface area (Å²) in [6.45, 7) is 5.99. The monoisotopic (exact) mass is 318 g/mol. The van der Waals surface area contributed by atoms with E-state index in [9.17, 15) is 4.79 Å². The van der Waals surface area contributed by atoms with Gasteiger partial charge in [-0.1, -0.05) is 0 Å². The molecule has 0 fully saturated rings. The zero-order chi connectivity index (χ0) is 15.1. The molecular weight excluding hydrogens is 304 g/mol. The lowest BCUT2D eigenvalue weighted by Gasteiger charge is -2.05. The fourth-order valence-electron chi connectivity index (χ4n) is 2.18. The maximum absolute atomic E-state index is 12.3. The van der Waals surface area contributed by atoms with Crippen molar-refractivity contribution in [3.8, 4) is 0 Å². The van der Waals surface area contributed by atoms with E-state index in [1.165, 1.54) is 22.7 Å². The van der Waals surface area contributed by atoms with Crippen LogP contribution in [0.25, 0.3) is 10.2 Å². The summed E-state index contributed by atoms with van der Waals surface area (Å²) in [5.41, 5.74) is 9.84. The summed E-state index contributed by atoms with van der Waals surface area (Å²) in [6, 6.07) is 0. The van der Waals surface area contributed by atoms with Crippen LogP contribution in [-0.4, -0.2) is 15.9 Å². The number of anilines is 2. The van der Waals surface area contributed by atoms with Gasteiger partial charge in [0.1, 0.15) is 9.71 Å². The first-order chi connectivity index (χ1) is 9.99. The molecule has 0 aliphatic heterocycles. The number of nitrogens with one attached hydrogen (secondary N) is 1. The fourth-order valence-corrected chi connectivity index (χ4v) is 3.80. The van der Waals surface area contributed by atoms with Gasteiger partial charge >= 0.3 is 0 Å². The van der Waals surface area contributed by atoms with Crippen molar-refractivity contribution in [2.45, 2.75) is 20.8 Å². The molecule has 0 saturated carbocycles. The number of rotatable bonds is 2. The van der Waals surface area contributed by atoms with Gasteiger partial charge in [0.15, 0.2) is 5.13 Å². The first-order valence-corrected chi connectivity index (χ1v) is 8.05. The van der Waals surface area contributed by atoms with Gasteiger partial charge in [0.25, 0.3) is 5.91 Å². The smallest absolute Gasteiger partial charge is 0.269 e. The predicted octanol–water partition coefficient (Wildman–Crippen LogP) is 3.51. The van der Waals surface area contributed by atoms with E-state index in [-0.39, 0.29) is 5.91 Å². The molecule has 0 atom stereocenters. The Morgan fingerprint density at radius 2 is 2.05 bits per heavy atom. The number of hydrogen-bond donors (Lipinski definition) is 2. The number of carbonyl (C=O) groups is 1. The van der Waals surface area contributed by atoms with Gasteiger partial charge in [0.05, 0.1) is 5.69 Å². The molecular formula is C14H14N4OS2. The van der Waals surface area contributed by atoms with Crippen LogP contribution in [0.4, 0.5) is 10.8 Å². The third kappa shape index (κ3) is 2.28. The van der Waals surface area contributed by atoms with E-state index in [0.717, 1.165) is 27.0 Å². The summed E-state index contributed by atoms with van der Waals surface area (Å²) in [4.78, 5) is 22.2. The molecule has 0 unspecified atom stereocenters. The van der Waals surface area contributed by atoms with Crippen LogP contribution in [0.15, 0.2) is 11.6 Å². The van der Waals surface area contributed by atoms with Crippen molar-refractivity contribution in [1.29, 1.82) is 0 Å². The Balaban J connectivity index is 2.10. The number of pyridine rings is 1. The zero-order valence-corrected chi connectivity index (χ0v) is 13.5. The van der Waals surface area contributed by atoms with E-state index in [2.05, 4.69) is 15.3 Å². The van der Waals surface area contributed by atoms with E-state index in [1.54, 1.807) is 6.20 Å². The van der Waals surface area contributed by atoms with Gasteiger partial charge in [-0.2, -0.15) is 0 Å². The third-order valence-corrected chi connectivity index (χ3v) is 5.32. The quantitative estimate of drug-likeness (QED) is 0.757. The number of carbonyl (C=O) groups excluding carboxylic acids is 1. The molecule has 5 nitrogen and oxygen atoms in total. The van der Waals surface area contributed by atoms with Crippen molar-refractivity contribution < 1.29 is 4.79 Å². The highest BCUT2D eigenvalue weighted by atomic mass is 32.1. The summed E-state index contributed by atoms with van der Waals surface area (Å²) < 4.78 is 0. The molecule has 3 aromatic rings. The van der Waals surface area contributed by atoms with Gasteiger partial charge in [-0.05, 0) is 31.9 Å². The lowest BCUT2D eigenvalue weighted by atomic mass is 10.1. The van der Waals surface area contributed by atoms with Crippen LogP contribution in [0.2, 0.25) is 0 Å². The molecule has 3 N–H and O–H groups in total. The number of aryl methyl sites for hydroxylation is 2. The summed E-state index contributed by atoms with van der Waals surface area (Å²) in [7, 11) is 0. The number of thiazole rings is 1. The number of amides is 1. The molecule has 7 heteroatoms. The molecule has 0 aromatic carbocycles. The lowest BCUT2D eigenvalue weighted by molar-refractivity contribution is 0.103. The van der Waals surface area contributed by atoms with Crippen LogP contribution in [-0.2, 0) is 0 Å². The second-order valence-corrected chi connectivity index (χ2v) is 6.66. The van der Waals surface area contributed by atoms with E-state index in [4.69, 9.17) is 5.73 Å². The maximum Gasteiger partial charge on any atom is 0.269 e. The van der Waals surface area contributed by atoms with Crippen LogP contribution in [0.3, 0.4) is 0 Å². The van der Waals surface area contributed by atoms with Gasteiger partial charge in [-0.25, -0.2) is 9.97 Å². The van der Waals surface area contributed by atoms with Gasteiger partial charge in [-0.15, -0.1) is 22.7 Å². The van der Waals surface area contributed by atoms with Crippen molar-refractivity contribution in [1.82, 2.24) is 9.97 Å². The standard InChI is InChI=1S/C14H14N4OS2/c1-6-7(2)9-10(15)11(21-13(9)17-8(6)3)12(19)18-14-16-4-5-20-14/h4-5H,15H2,1-3H3,(H,16,18,19). The van der Waals surface area contributed by atoms with Crippen LogP contribution < -0.4 is 11.1 Å². The molecule has 3 heterocycles. The summed E-state index contributed by atoms with van der Waals surface area (Å²) >= 11 is 2.69. The first kappa shape index (κ1) is 14.0. The van der Waals surface area contributed by atoms with Crippen molar-refractivity contribution in [3.05, 3.63) is 33.3 Å². The Morgan fingerprint density at radius 1 is 1.29 bits per heavy atom. The summed E-state index contributed by atoms with van der Waals surface area (Å²) in [5, 5.41) is 6.01. The Kier molecular flexibility index (Phi) is 3.38. The van der Waals surface area contributed by atoms with Crippen LogP contribution >= 0.6 is 22.7 Å². The second-order valence-electron chi connectivity index (χ2n) is 4.76. The van der Waals surface area contributed by atoms with Gasteiger partial charge in [0.2, 0.25) is 0 Å². The van der Waals surface area contributed by atoms with Crippen molar-refractivity contribution in [2.75, 3.05) is 11.1 Å². The Morgan fingerprint density at radius 3 is 2.71 bits per heavy atom. The molecule has 0 saturated heterocycles. The fraction of sp³-hybridized carbons (Fsp3) is 0.214. The normalized spacial score (nSPS) is 11.0. The number of thiophene rings is 1. The predicted molar refractivity (Wildman–Crippen MR) is 88.3 cm³/mol. The van der Waals surface area contributed by atoms with Gasteiger partial charge in [0, 0.05) is 22.7 Å². The van der Waals surface area contributed by atoms with E-state index in [0.29, 0.717) is 15.7 Å². The maximum atomic E-state index is 12.3. The molecule has 21 heavy (non-hydrogen) atoms. The van der Waals surface area contributed by atoms with Crippen molar-refractivity contribution in [3.63, 3.8) is 0 Å². The molecule has 3 rings (SSSR count). The number of fused-ring (bicyclic) bond motifs is 1. The molecule has 1 amide bonds. The minimum absolute atomic E-state index is 0.236. The molecule has 0 spiro atoms. The van der Waals surface area contributed by atoms with Crippen LogP contribution in [0.5, 0.6) is 0 Å². The molecule has 3 aromatic heterocycles. The average molecular weight is 318 g/mol. The minimum Gasteiger partial charge on any atom is -0.397 e. The highest BCUT2D eigenvalue weighted by Gasteiger charge is 2.20. The van der Waals surface area contributed by atoms with Crippen LogP contribution in [0, 0.1) is 20.8 Å². The SMILES string of the molecule is Cc1nc2sc(C(=O)Nc3nccs3)c(N)c2c(C)c1C. The summed E-state index contributed by atoms with van der Waals surface area (Å²) in [5.74, 6) is -0.236. The highest BCUT2D eigenvalue weighted by Crippen LogP contribution is 2.36. The Hall–Kier alpha value is -1.99. The van der Waals surface area contributed by atoms with E-state index in [1.807, 2.05) is 26.2 Å². The molecule has 108 valence electrons. The zero-order valence-electron chi connectivity index (χ0n) is 11.9. The first-order valence-electron chi connectivity index (χ1n) is 6.35.